The molecule has 0 spiro atoms. The van der Waals surface area contributed by atoms with Crippen LogP contribution in [0.5, 0.6) is 5.75 Å². The van der Waals surface area contributed by atoms with Crippen molar-refractivity contribution in [2.75, 3.05) is 0 Å². The van der Waals surface area contributed by atoms with Gasteiger partial charge >= 0.3 is 0 Å². The topological polar surface area (TPSA) is 50.7 Å². The van der Waals surface area contributed by atoms with Crippen molar-refractivity contribution in [3.05, 3.63) is 111 Å². The molecule has 6 heteroatoms. The zero-order valence-electron chi connectivity index (χ0n) is 16.4. The Hall–Kier alpha value is -2.96. The number of carbonyl (C=O) groups excluding carboxylic acids is 1. The van der Waals surface area contributed by atoms with Crippen LogP contribution < -0.4 is 10.2 Å². The number of carbonyl (C=O) groups is 1. The van der Waals surface area contributed by atoms with E-state index in [9.17, 15) is 4.79 Å². The van der Waals surface area contributed by atoms with Gasteiger partial charge in [0.1, 0.15) is 12.4 Å². The molecule has 0 saturated carbocycles. The molecule has 0 fully saturated rings. The van der Waals surface area contributed by atoms with Gasteiger partial charge in [0.25, 0.3) is 5.91 Å². The Kier molecular flexibility index (Phi) is 6.79. The van der Waals surface area contributed by atoms with E-state index in [1.807, 2.05) is 66.7 Å². The summed E-state index contributed by atoms with van der Waals surface area (Å²) in [4.78, 5) is 12.4. The molecule has 4 aromatic carbocycles. The lowest BCUT2D eigenvalue weighted by atomic mass is 10.0. The van der Waals surface area contributed by atoms with Crippen LogP contribution in [0.1, 0.15) is 21.5 Å². The number of benzene rings is 4. The van der Waals surface area contributed by atoms with Crippen molar-refractivity contribution in [3.63, 3.8) is 0 Å². The van der Waals surface area contributed by atoms with Crippen LogP contribution in [0.15, 0.2) is 99.0 Å². The lowest BCUT2D eigenvalue weighted by Crippen LogP contribution is -2.17. The van der Waals surface area contributed by atoms with E-state index in [2.05, 4.69) is 42.4 Å². The summed E-state index contributed by atoms with van der Waals surface area (Å²) in [5.41, 5.74) is 4.98. The monoisotopic (exact) mass is 536 g/mol. The third kappa shape index (κ3) is 5.40. The van der Waals surface area contributed by atoms with Crippen LogP contribution in [0.2, 0.25) is 0 Å². The highest BCUT2D eigenvalue weighted by Gasteiger charge is 2.09. The number of rotatable bonds is 6. The molecular formula is C25H18Br2N2O2. The predicted molar refractivity (Wildman–Crippen MR) is 132 cm³/mol. The Morgan fingerprint density at radius 3 is 2.48 bits per heavy atom. The molecule has 0 heterocycles. The summed E-state index contributed by atoms with van der Waals surface area (Å²) in [6.07, 6.45) is 1.63. The molecule has 0 aliphatic rings. The first-order valence-electron chi connectivity index (χ1n) is 9.58. The number of nitrogens with one attached hydrogen (secondary N) is 1. The van der Waals surface area contributed by atoms with E-state index in [1.165, 1.54) is 0 Å². The lowest BCUT2D eigenvalue weighted by Gasteiger charge is -2.12. The van der Waals surface area contributed by atoms with Gasteiger partial charge in [-0.1, -0.05) is 80.4 Å². The van der Waals surface area contributed by atoms with Crippen molar-refractivity contribution >= 4 is 54.8 Å². The Morgan fingerprint density at radius 1 is 0.903 bits per heavy atom. The summed E-state index contributed by atoms with van der Waals surface area (Å²) >= 11 is 6.86. The highest BCUT2D eigenvalue weighted by Crippen LogP contribution is 2.27. The SMILES string of the molecule is O=C(N/N=C/c1c(OCc2cccc(Br)c2)ccc2ccccc12)c1cccc(Br)c1. The molecule has 0 aliphatic heterocycles. The average molecular weight is 538 g/mol. The largest absolute Gasteiger partial charge is 0.488 e. The zero-order valence-corrected chi connectivity index (χ0v) is 19.6. The Labute approximate surface area is 197 Å². The second-order valence-corrected chi connectivity index (χ2v) is 8.66. The molecule has 0 atom stereocenters. The fourth-order valence-electron chi connectivity index (χ4n) is 3.17. The van der Waals surface area contributed by atoms with Gasteiger partial charge in [-0.05, 0) is 52.7 Å². The number of hydrogen-bond donors (Lipinski definition) is 1. The molecule has 1 N–H and O–H groups in total. The molecule has 4 rings (SSSR count). The summed E-state index contributed by atoms with van der Waals surface area (Å²) in [6, 6.07) is 27.1. The molecule has 4 aromatic rings. The van der Waals surface area contributed by atoms with Crippen LogP contribution in [0.3, 0.4) is 0 Å². The Morgan fingerprint density at radius 2 is 1.68 bits per heavy atom. The van der Waals surface area contributed by atoms with Gasteiger partial charge in [0.2, 0.25) is 0 Å². The van der Waals surface area contributed by atoms with Crippen molar-refractivity contribution in [2.45, 2.75) is 6.61 Å². The summed E-state index contributed by atoms with van der Waals surface area (Å²) in [6.45, 7) is 0.420. The molecular weight excluding hydrogens is 520 g/mol. The standard InChI is InChI=1S/C25H18Br2N2O2/c26-20-8-3-5-17(13-20)16-31-24-12-11-18-6-1-2-10-22(18)23(24)15-28-29-25(30)19-7-4-9-21(27)14-19/h1-15H,16H2,(H,29,30)/b28-15+. The molecule has 154 valence electrons. The highest BCUT2D eigenvalue weighted by atomic mass is 79.9. The fourth-order valence-corrected chi connectivity index (χ4v) is 4.02. The van der Waals surface area contributed by atoms with Crippen LogP contribution in [0.25, 0.3) is 10.8 Å². The minimum absolute atomic E-state index is 0.283. The van der Waals surface area contributed by atoms with E-state index in [0.717, 1.165) is 30.8 Å². The molecule has 0 radical (unpaired) electrons. The summed E-state index contributed by atoms with van der Waals surface area (Å²) < 4.78 is 7.95. The van der Waals surface area contributed by atoms with E-state index < -0.39 is 0 Å². The predicted octanol–water partition coefficient (Wildman–Crippen LogP) is 6.71. The van der Waals surface area contributed by atoms with E-state index in [-0.39, 0.29) is 5.91 Å². The Bertz CT molecular complexity index is 1270. The molecule has 0 aromatic heterocycles. The molecule has 1 amide bonds. The molecule has 0 aliphatic carbocycles. The van der Waals surface area contributed by atoms with Gasteiger partial charge in [-0.25, -0.2) is 5.43 Å². The number of halogens is 2. The zero-order chi connectivity index (χ0) is 21.6. The number of hydrazone groups is 1. The van der Waals surface area contributed by atoms with Crippen LogP contribution in [-0.4, -0.2) is 12.1 Å². The molecule has 0 unspecified atom stereocenters. The number of ether oxygens (including phenoxy) is 1. The second-order valence-electron chi connectivity index (χ2n) is 6.83. The van der Waals surface area contributed by atoms with Crippen LogP contribution in [0, 0.1) is 0 Å². The van der Waals surface area contributed by atoms with Gasteiger partial charge in [0, 0.05) is 20.1 Å². The highest BCUT2D eigenvalue weighted by molar-refractivity contribution is 9.10. The molecule has 31 heavy (non-hydrogen) atoms. The van der Waals surface area contributed by atoms with Gasteiger partial charge in [-0.3, -0.25) is 4.79 Å². The maximum Gasteiger partial charge on any atom is 0.271 e. The maximum absolute atomic E-state index is 12.4. The maximum atomic E-state index is 12.4. The van der Waals surface area contributed by atoms with E-state index in [4.69, 9.17) is 4.74 Å². The number of hydrogen-bond acceptors (Lipinski definition) is 3. The first kappa shape index (κ1) is 21.3. The number of nitrogens with zero attached hydrogens (tertiary/aromatic N) is 1. The minimum Gasteiger partial charge on any atom is -0.488 e. The van der Waals surface area contributed by atoms with Crippen LogP contribution in [-0.2, 0) is 6.61 Å². The van der Waals surface area contributed by atoms with Gasteiger partial charge < -0.3 is 4.74 Å². The minimum atomic E-state index is -0.283. The molecule has 0 bridgehead atoms. The third-order valence-electron chi connectivity index (χ3n) is 4.66. The third-order valence-corrected chi connectivity index (χ3v) is 5.65. The van der Waals surface area contributed by atoms with Crippen molar-refractivity contribution in [1.29, 1.82) is 0 Å². The lowest BCUT2D eigenvalue weighted by molar-refractivity contribution is 0.0955. The van der Waals surface area contributed by atoms with E-state index in [0.29, 0.717) is 17.9 Å². The van der Waals surface area contributed by atoms with Crippen molar-refractivity contribution < 1.29 is 9.53 Å². The summed E-state index contributed by atoms with van der Waals surface area (Å²) in [5, 5.41) is 6.26. The van der Waals surface area contributed by atoms with Crippen LogP contribution in [0.4, 0.5) is 0 Å². The molecule has 4 nitrogen and oxygen atoms in total. The van der Waals surface area contributed by atoms with Crippen LogP contribution >= 0.6 is 31.9 Å². The normalized spacial score (nSPS) is 11.0. The fraction of sp³-hybridized carbons (Fsp3) is 0.0400. The van der Waals surface area contributed by atoms with Gasteiger partial charge in [0.15, 0.2) is 0 Å². The van der Waals surface area contributed by atoms with Gasteiger partial charge in [-0.15, -0.1) is 0 Å². The molecule has 0 saturated heterocycles. The van der Waals surface area contributed by atoms with E-state index >= 15 is 0 Å². The van der Waals surface area contributed by atoms with Gasteiger partial charge in [0.05, 0.1) is 6.21 Å². The first-order chi connectivity index (χ1) is 15.1. The number of amides is 1. The van der Waals surface area contributed by atoms with Crippen molar-refractivity contribution in [2.24, 2.45) is 5.10 Å². The first-order valence-corrected chi connectivity index (χ1v) is 11.2. The number of fused-ring (bicyclic) bond motifs is 1. The van der Waals surface area contributed by atoms with Crippen molar-refractivity contribution in [1.82, 2.24) is 5.43 Å². The van der Waals surface area contributed by atoms with Crippen molar-refractivity contribution in [3.8, 4) is 5.75 Å². The quantitative estimate of drug-likeness (QED) is 0.219. The Balaban J connectivity index is 1.59. The van der Waals surface area contributed by atoms with E-state index in [1.54, 1.807) is 24.4 Å². The second kappa shape index (κ2) is 9.90. The smallest absolute Gasteiger partial charge is 0.271 e. The average Bonchev–Trinajstić information content (AvgIpc) is 2.78. The van der Waals surface area contributed by atoms with Gasteiger partial charge in [-0.2, -0.15) is 5.10 Å². The summed E-state index contributed by atoms with van der Waals surface area (Å²) in [7, 11) is 0. The summed E-state index contributed by atoms with van der Waals surface area (Å²) in [5.74, 6) is 0.411.